The maximum Gasteiger partial charge on any atom is 0.283 e. The van der Waals surface area contributed by atoms with E-state index in [1.165, 1.54) is 0 Å². The normalized spacial score (nSPS) is 11.0. The van der Waals surface area contributed by atoms with Gasteiger partial charge in [0.1, 0.15) is 5.52 Å². The summed E-state index contributed by atoms with van der Waals surface area (Å²) < 4.78 is 3.91. The molecule has 0 unspecified atom stereocenters. The number of hydrogen-bond acceptors (Lipinski definition) is 2. The number of aryl methyl sites for hydroxylation is 1. The van der Waals surface area contributed by atoms with Crippen molar-refractivity contribution in [3.63, 3.8) is 0 Å². The number of para-hydroxylation sites is 1. The maximum absolute atomic E-state index is 12.5. The second kappa shape index (κ2) is 4.24. The summed E-state index contributed by atoms with van der Waals surface area (Å²) in [7, 11) is 0. The third kappa shape index (κ3) is 1.66. The fourth-order valence-electron chi connectivity index (χ4n) is 1.99. The van der Waals surface area contributed by atoms with Crippen LogP contribution in [-0.4, -0.2) is 14.2 Å². The highest BCUT2D eigenvalue weighted by Crippen LogP contribution is 2.12. The number of nitrogens with zero attached hydrogens (tertiary/aromatic N) is 3. The van der Waals surface area contributed by atoms with E-state index in [9.17, 15) is 4.79 Å². The highest BCUT2D eigenvalue weighted by Gasteiger charge is 2.12. The Balaban J connectivity index is 2.43. The molecule has 0 amide bonds. The number of aromatic nitrogens is 3. The van der Waals surface area contributed by atoms with E-state index in [1.54, 1.807) is 9.08 Å². The van der Waals surface area contributed by atoms with Gasteiger partial charge in [0, 0.05) is 28.8 Å². The molecule has 1 aromatic carbocycles. The monoisotopic (exact) mass is 351 g/mol. The Morgan fingerprint density at radius 1 is 1.17 bits per heavy atom. The van der Waals surface area contributed by atoms with Crippen LogP contribution in [0.15, 0.2) is 47.4 Å². The molecule has 0 saturated heterocycles. The van der Waals surface area contributed by atoms with Gasteiger partial charge in [-0.1, -0.05) is 18.2 Å². The molecule has 0 fully saturated rings. The van der Waals surface area contributed by atoms with Gasteiger partial charge in [-0.05, 0) is 30.7 Å². The first kappa shape index (κ1) is 11.5. The zero-order valence-electron chi connectivity index (χ0n) is 9.67. The summed E-state index contributed by atoms with van der Waals surface area (Å²) in [5, 5.41) is 4.40. The van der Waals surface area contributed by atoms with E-state index in [0.717, 1.165) is 11.3 Å². The lowest BCUT2D eigenvalue weighted by Gasteiger charge is -2.08. The van der Waals surface area contributed by atoms with Gasteiger partial charge in [0.15, 0.2) is 3.83 Å². The van der Waals surface area contributed by atoms with Gasteiger partial charge in [-0.15, -0.1) is 5.10 Å². The lowest BCUT2D eigenvalue weighted by Crippen LogP contribution is -2.25. The third-order valence-corrected chi connectivity index (χ3v) is 3.56. The minimum absolute atomic E-state index is 0.0388. The van der Waals surface area contributed by atoms with Gasteiger partial charge in [0.25, 0.3) is 5.56 Å². The minimum Gasteiger partial charge on any atom is -0.266 e. The van der Waals surface area contributed by atoms with Crippen LogP contribution in [0.25, 0.3) is 11.2 Å². The van der Waals surface area contributed by atoms with Crippen LogP contribution in [-0.2, 0) is 0 Å². The third-order valence-electron chi connectivity index (χ3n) is 2.86. The highest BCUT2D eigenvalue weighted by atomic mass is 127. The molecule has 0 saturated carbocycles. The lowest BCUT2D eigenvalue weighted by atomic mass is 10.3. The highest BCUT2D eigenvalue weighted by molar-refractivity contribution is 14.1. The first-order valence-corrected chi connectivity index (χ1v) is 6.58. The van der Waals surface area contributed by atoms with Gasteiger partial charge in [0.2, 0.25) is 0 Å². The number of hydrogen-bond donors (Lipinski definition) is 0. The Bertz CT molecular complexity index is 774. The first-order valence-electron chi connectivity index (χ1n) is 5.50. The van der Waals surface area contributed by atoms with Crippen LogP contribution in [0.1, 0.15) is 5.56 Å². The smallest absolute Gasteiger partial charge is 0.266 e. The van der Waals surface area contributed by atoms with Gasteiger partial charge >= 0.3 is 0 Å². The molecule has 0 aliphatic rings. The molecule has 2 aromatic heterocycles. The minimum atomic E-state index is -0.0388. The fourth-order valence-corrected chi connectivity index (χ4v) is 2.72. The summed E-state index contributed by atoms with van der Waals surface area (Å²) in [5.74, 6) is 0. The Morgan fingerprint density at radius 2 is 1.89 bits per heavy atom. The van der Waals surface area contributed by atoms with Gasteiger partial charge in [-0.25, -0.2) is 4.52 Å². The van der Waals surface area contributed by atoms with Crippen LogP contribution < -0.4 is 5.56 Å². The quantitative estimate of drug-likeness (QED) is 0.632. The van der Waals surface area contributed by atoms with E-state index in [1.807, 2.05) is 49.5 Å². The first-order chi connectivity index (χ1) is 8.68. The van der Waals surface area contributed by atoms with Gasteiger partial charge in [-0.2, -0.15) is 0 Å². The van der Waals surface area contributed by atoms with Gasteiger partial charge in [0.05, 0.1) is 5.69 Å². The molecule has 0 atom stereocenters. The summed E-state index contributed by atoms with van der Waals surface area (Å²) in [6, 6.07) is 11.4. The Hall–Kier alpha value is -1.63. The molecule has 0 spiro atoms. The van der Waals surface area contributed by atoms with E-state index in [0.29, 0.717) is 9.35 Å². The lowest BCUT2D eigenvalue weighted by molar-refractivity contribution is 0.790. The zero-order valence-corrected chi connectivity index (χ0v) is 11.8. The van der Waals surface area contributed by atoms with Gasteiger partial charge in [-0.3, -0.25) is 9.36 Å². The standard InChI is InChI=1S/C13H10IN3O/c1-9-7-8-16-11(9)12(18)17(13(14)15-16)10-5-3-2-4-6-10/h2-8H,1H3. The summed E-state index contributed by atoms with van der Waals surface area (Å²) in [4.78, 5) is 12.5. The number of rotatable bonds is 1. The van der Waals surface area contributed by atoms with E-state index in [4.69, 9.17) is 0 Å². The Labute approximate surface area is 117 Å². The Morgan fingerprint density at radius 3 is 2.61 bits per heavy atom. The topological polar surface area (TPSA) is 39.3 Å². The molecule has 90 valence electrons. The summed E-state index contributed by atoms with van der Waals surface area (Å²) in [6.07, 6.45) is 1.81. The molecule has 3 aromatic rings. The number of fused-ring (bicyclic) bond motifs is 1. The van der Waals surface area contributed by atoms with E-state index >= 15 is 0 Å². The molecule has 3 rings (SSSR count). The van der Waals surface area contributed by atoms with Crippen molar-refractivity contribution in [1.29, 1.82) is 0 Å². The molecule has 2 heterocycles. The van der Waals surface area contributed by atoms with Crippen molar-refractivity contribution in [2.75, 3.05) is 0 Å². The van der Waals surface area contributed by atoms with Crippen LogP contribution in [0.5, 0.6) is 0 Å². The molecular formula is C13H10IN3O. The predicted molar refractivity (Wildman–Crippen MR) is 78.2 cm³/mol. The SMILES string of the molecule is Cc1ccn2nc(I)n(-c3ccccc3)c(=O)c12. The zero-order chi connectivity index (χ0) is 12.7. The fraction of sp³-hybridized carbons (Fsp3) is 0.0769. The van der Waals surface area contributed by atoms with Crippen LogP contribution >= 0.6 is 22.6 Å². The molecular weight excluding hydrogens is 341 g/mol. The van der Waals surface area contributed by atoms with Crippen molar-refractivity contribution in [3.8, 4) is 5.69 Å². The average molecular weight is 351 g/mol. The van der Waals surface area contributed by atoms with E-state index in [-0.39, 0.29) is 5.56 Å². The van der Waals surface area contributed by atoms with E-state index in [2.05, 4.69) is 27.7 Å². The predicted octanol–water partition coefficient (Wildman–Crippen LogP) is 2.40. The average Bonchev–Trinajstić information content (AvgIpc) is 2.72. The van der Waals surface area contributed by atoms with Gasteiger partial charge < -0.3 is 0 Å². The van der Waals surface area contributed by atoms with E-state index < -0.39 is 0 Å². The molecule has 4 nitrogen and oxygen atoms in total. The maximum atomic E-state index is 12.5. The summed E-state index contributed by atoms with van der Waals surface area (Å²) in [5.41, 5.74) is 2.36. The van der Waals surface area contributed by atoms with Crippen molar-refractivity contribution in [2.45, 2.75) is 6.92 Å². The van der Waals surface area contributed by atoms with Crippen molar-refractivity contribution in [3.05, 3.63) is 62.3 Å². The molecule has 18 heavy (non-hydrogen) atoms. The molecule has 5 heteroatoms. The van der Waals surface area contributed by atoms with Crippen molar-refractivity contribution in [2.24, 2.45) is 0 Å². The number of benzene rings is 1. The Kier molecular flexibility index (Phi) is 2.70. The van der Waals surface area contributed by atoms with Crippen LogP contribution in [0.2, 0.25) is 0 Å². The second-order valence-electron chi connectivity index (χ2n) is 4.04. The van der Waals surface area contributed by atoms with Crippen molar-refractivity contribution in [1.82, 2.24) is 14.2 Å². The summed E-state index contributed by atoms with van der Waals surface area (Å²) in [6.45, 7) is 1.92. The number of halogens is 1. The molecule has 0 bridgehead atoms. The molecule has 0 N–H and O–H groups in total. The van der Waals surface area contributed by atoms with Crippen LogP contribution in [0.3, 0.4) is 0 Å². The second-order valence-corrected chi connectivity index (χ2v) is 5.00. The largest absolute Gasteiger partial charge is 0.283 e. The summed E-state index contributed by atoms with van der Waals surface area (Å²) >= 11 is 2.08. The molecule has 0 radical (unpaired) electrons. The molecule has 0 aliphatic heterocycles. The molecule has 0 aliphatic carbocycles. The van der Waals surface area contributed by atoms with Crippen molar-refractivity contribution < 1.29 is 0 Å². The van der Waals surface area contributed by atoms with Crippen molar-refractivity contribution >= 4 is 28.1 Å². The van der Waals surface area contributed by atoms with Crippen LogP contribution in [0.4, 0.5) is 0 Å². The van der Waals surface area contributed by atoms with Crippen LogP contribution in [0, 0.1) is 10.8 Å².